The van der Waals surface area contributed by atoms with Crippen LogP contribution in [-0.4, -0.2) is 49.5 Å². The van der Waals surface area contributed by atoms with Crippen LogP contribution >= 0.6 is 11.8 Å². The zero-order valence-corrected chi connectivity index (χ0v) is 13.7. The van der Waals surface area contributed by atoms with Crippen LogP contribution in [-0.2, 0) is 11.2 Å². The summed E-state index contributed by atoms with van der Waals surface area (Å²) in [5.74, 6) is 2.12. The van der Waals surface area contributed by atoms with Crippen LogP contribution in [0.3, 0.4) is 0 Å². The number of hydrogen-bond donors (Lipinski definition) is 3. The fraction of sp³-hybridized carbons (Fsp3) is 0.500. The van der Waals surface area contributed by atoms with Gasteiger partial charge in [-0.1, -0.05) is 12.1 Å². The SMILES string of the molecule is CNC(=O)c1cccc(CCNC(=O)CC2CSCCN2)c1. The summed E-state index contributed by atoms with van der Waals surface area (Å²) in [5.41, 5.74) is 1.70. The Balaban J connectivity index is 1.73. The van der Waals surface area contributed by atoms with Crippen molar-refractivity contribution in [1.29, 1.82) is 0 Å². The third-order valence-electron chi connectivity index (χ3n) is 3.58. The highest BCUT2D eigenvalue weighted by Crippen LogP contribution is 2.10. The van der Waals surface area contributed by atoms with Gasteiger partial charge in [0.2, 0.25) is 5.91 Å². The molecule has 120 valence electrons. The molecule has 1 saturated heterocycles. The Morgan fingerprint density at radius 3 is 3.00 bits per heavy atom. The zero-order chi connectivity index (χ0) is 15.8. The quantitative estimate of drug-likeness (QED) is 0.725. The Morgan fingerprint density at radius 2 is 2.27 bits per heavy atom. The van der Waals surface area contributed by atoms with E-state index in [1.54, 1.807) is 13.1 Å². The summed E-state index contributed by atoms with van der Waals surface area (Å²) in [7, 11) is 1.62. The van der Waals surface area contributed by atoms with Gasteiger partial charge in [0.25, 0.3) is 5.91 Å². The fourth-order valence-electron chi connectivity index (χ4n) is 2.41. The highest BCUT2D eigenvalue weighted by molar-refractivity contribution is 7.99. The van der Waals surface area contributed by atoms with Gasteiger partial charge in [-0.05, 0) is 24.1 Å². The van der Waals surface area contributed by atoms with Crippen molar-refractivity contribution < 1.29 is 9.59 Å². The molecule has 1 aromatic rings. The van der Waals surface area contributed by atoms with Gasteiger partial charge in [0.1, 0.15) is 0 Å². The predicted molar refractivity (Wildman–Crippen MR) is 90.3 cm³/mol. The van der Waals surface area contributed by atoms with E-state index in [1.165, 1.54) is 0 Å². The summed E-state index contributed by atoms with van der Waals surface area (Å²) in [4.78, 5) is 23.5. The van der Waals surface area contributed by atoms with E-state index < -0.39 is 0 Å². The maximum Gasteiger partial charge on any atom is 0.251 e. The minimum Gasteiger partial charge on any atom is -0.356 e. The molecule has 0 spiro atoms. The summed E-state index contributed by atoms with van der Waals surface area (Å²) in [5, 5.41) is 8.92. The summed E-state index contributed by atoms with van der Waals surface area (Å²) < 4.78 is 0. The van der Waals surface area contributed by atoms with Crippen molar-refractivity contribution in [1.82, 2.24) is 16.0 Å². The average molecular weight is 321 g/mol. The van der Waals surface area contributed by atoms with E-state index in [9.17, 15) is 9.59 Å². The number of nitrogens with one attached hydrogen (secondary N) is 3. The van der Waals surface area contributed by atoms with Gasteiger partial charge in [0, 0.05) is 49.7 Å². The first kappa shape index (κ1) is 16.8. The molecule has 0 bridgehead atoms. The lowest BCUT2D eigenvalue weighted by molar-refractivity contribution is -0.121. The first-order valence-corrected chi connectivity index (χ1v) is 8.73. The summed E-state index contributed by atoms with van der Waals surface area (Å²) in [6.07, 6.45) is 1.26. The normalized spacial score (nSPS) is 17.8. The van der Waals surface area contributed by atoms with Gasteiger partial charge >= 0.3 is 0 Å². The standard InChI is InChI=1S/C16H23N3O2S/c1-17-16(21)13-4-2-3-12(9-13)5-6-19-15(20)10-14-11-22-8-7-18-14/h2-4,9,14,18H,5-8,10-11H2,1H3,(H,17,21)(H,19,20). The van der Waals surface area contributed by atoms with E-state index in [2.05, 4.69) is 16.0 Å². The molecule has 1 fully saturated rings. The molecular weight excluding hydrogens is 298 g/mol. The Kier molecular flexibility index (Phi) is 6.74. The van der Waals surface area contributed by atoms with Crippen molar-refractivity contribution in [3.05, 3.63) is 35.4 Å². The van der Waals surface area contributed by atoms with Crippen molar-refractivity contribution in [2.75, 3.05) is 31.6 Å². The molecule has 0 aromatic heterocycles. The third-order valence-corrected chi connectivity index (χ3v) is 4.71. The Labute approximate surface area is 135 Å². The minimum atomic E-state index is -0.0910. The van der Waals surface area contributed by atoms with E-state index in [1.807, 2.05) is 30.0 Å². The van der Waals surface area contributed by atoms with Gasteiger partial charge in [-0.25, -0.2) is 0 Å². The summed E-state index contributed by atoms with van der Waals surface area (Å²) in [6.45, 7) is 1.57. The molecule has 6 heteroatoms. The molecule has 1 aliphatic heterocycles. The van der Waals surface area contributed by atoms with Gasteiger partial charge < -0.3 is 16.0 Å². The maximum atomic E-state index is 11.9. The molecule has 1 aliphatic rings. The summed E-state index contributed by atoms with van der Waals surface area (Å²) in [6, 6.07) is 7.77. The van der Waals surface area contributed by atoms with Crippen LogP contribution in [0.1, 0.15) is 22.3 Å². The molecule has 1 aromatic carbocycles. The maximum absolute atomic E-state index is 11.9. The predicted octanol–water partition coefficient (Wildman–Crippen LogP) is 0.800. The number of carbonyl (C=O) groups excluding carboxylic acids is 2. The van der Waals surface area contributed by atoms with Crippen molar-refractivity contribution in [3.63, 3.8) is 0 Å². The molecule has 22 heavy (non-hydrogen) atoms. The largest absolute Gasteiger partial charge is 0.356 e. The number of rotatable bonds is 6. The second kappa shape index (κ2) is 8.80. The molecule has 2 amide bonds. The molecule has 0 radical (unpaired) electrons. The monoisotopic (exact) mass is 321 g/mol. The van der Waals surface area contributed by atoms with Crippen molar-refractivity contribution >= 4 is 23.6 Å². The van der Waals surface area contributed by atoms with Gasteiger partial charge in [0.05, 0.1) is 0 Å². The molecule has 1 unspecified atom stereocenters. The molecule has 0 aliphatic carbocycles. The highest BCUT2D eigenvalue weighted by Gasteiger charge is 2.16. The number of hydrogen-bond acceptors (Lipinski definition) is 4. The molecule has 3 N–H and O–H groups in total. The highest BCUT2D eigenvalue weighted by atomic mass is 32.2. The molecule has 2 rings (SSSR count). The van der Waals surface area contributed by atoms with Crippen LogP contribution in [0.15, 0.2) is 24.3 Å². The average Bonchev–Trinajstić information content (AvgIpc) is 2.55. The molecular formula is C16H23N3O2S. The van der Waals surface area contributed by atoms with Crippen molar-refractivity contribution in [2.24, 2.45) is 0 Å². The second-order valence-electron chi connectivity index (χ2n) is 5.31. The molecule has 1 atom stereocenters. The Hall–Kier alpha value is -1.53. The smallest absolute Gasteiger partial charge is 0.251 e. The number of thioether (sulfide) groups is 1. The number of amides is 2. The van der Waals surface area contributed by atoms with E-state index >= 15 is 0 Å². The second-order valence-corrected chi connectivity index (χ2v) is 6.46. The Bertz CT molecular complexity index is 516. The number of benzene rings is 1. The third kappa shape index (κ3) is 5.35. The Morgan fingerprint density at radius 1 is 1.41 bits per heavy atom. The van der Waals surface area contributed by atoms with Crippen molar-refractivity contribution in [2.45, 2.75) is 18.9 Å². The molecule has 5 nitrogen and oxygen atoms in total. The molecule has 1 heterocycles. The van der Waals surface area contributed by atoms with Crippen LogP contribution in [0, 0.1) is 0 Å². The van der Waals surface area contributed by atoms with Crippen LogP contribution in [0.4, 0.5) is 0 Å². The first-order valence-electron chi connectivity index (χ1n) is 7.58. The van der Waals surface area contributed by atoms with Crippen LogP contribution in [0.25, 0.3) is 0 Å². The lowest BCUT2D eigenvalue weighted by atomic mass is 10.1. The van der Waals surface area contributed by atoms with E-state index in [-0.39, 0.29) is 17.9 Å². The van der Waals surface area contributed by atoms with Gasteiger partial charge in [-0.15, -0.1) is 0 Å². The lowest BCUT2D eigenvalue weighted by Gasteiger charge is -2.22. The van der Waals surface area contributed by atoms with Crippen LogP contribution < -0.4 is 16.0 Å². The van der Waals surface area contributed by atoms with Crippen LogP contribution in [0.2, 0.25) is 0 Å². The number of carbonyl (C=O) groups is 2. The molecule has 0 saturated carbocycles. The zero-order valence-electron chi connectivity index (χ0n) is 12.9. The van der Waals surface area contributed by atoms with Gasteiger partial charge in [-0.3, -0.25) is 9.59 Å². The summed E-state index contributed by atoms with van der Waals surface area (Å²) >= 11 is 1.89. The lowest BCUT2D eigenvalue weighted by Crippen LogP contribution is -2.41. The van der Waals surface area contributed by atoms with Gasteiger partial charge in [-0.2, -0.15) is 11.8 Å². The van der Waals surface area contributed by atoms with Crippen LogP contribution in [0.5, 0.6) is 0 Å². The minimum absolute atomic E-state index is 0.0856. The topological polar surface area (TPSA) is 70.2 Å². The fourth-order valence-corrected chi connectivity index (χ4v) is 3.35. The van der Waals surface area contributed by atoms with E-state index in [0.717, 1.165) is 30.0 Å². The first-order chi connectivity index (χ1) is 10.7. The van der Waals surface area contributed by atoms with E-state index in [4.69, 9.17) is 0 Å². The van der Waals surface area contributed by atoms with E-state index in [0.29, 0.717) is 18.5 Å². The van der Waals surface area contributed by atoms with Crippen molar-refractivity contribution in [3.8, 4) is 0 Å². The van der Waals surface area contributed by atoms with Gasteiger partial charge in [0.15, 0.2) is 0 Å².